The lowest BCUT2D eigenvalue weighted by molar-refractivity contribution is -0.120. The number of nitrogens with zero attached hydrogens (tertiary/aromatic N) is 1. The first-order chi connectivity index (χ1) is 13.0. The highest BCUT2D eigenvalue weighted by atomic mass is 19.1. The van der Waals surface area contributed by atoms with Crippen LogP contribution in [0, 0.1) is 5.82 Å². The third kappa shape index (κ3) is 5.42. The van der Waals surface area contributed by atoms with Crippen molar-refractivity contribution in [2.45, 2.75) is 6.54 Å². The average Bonchev–Trinajstić information content (AvgIpc) is 2.63. The maximum absolute atomic E-state index is 12.9. The third-order valence-corrected chi connectivity index (χ3v) is 3.83. The summed E-state index contributed by atoms with van der Waals surface area (Å²) >= 11 is 0. The van der Waals surface area contributed by atoms with Crippen LogP contribution in [-0.4, -0.2) is 43.6 Å². The van der Waals surface area contributed by atoms with Gasteiger partial charge >= 0.3 is 6.03 Å². The molecule has 2 aromatic rings. The lowest BCUT2D eigenvalue weighted by atomic mass is 10.2. The van der Waals surface area contributed by atoms with Crippen molar-refractivity contribution in [2.75, 3.05) is 32.1 Å². The summed E-state index contributed by atoms with van der Waals surface area (Å²) in [5, 5.41) is 4.86. The number of hydrogen-bond donors (Lipinski definition) is 2. The molecule has 0 bridgehead atoms. The predicted molar refractivity (Wildman–Crippen MR) is 97.3 cm³/mol. The summed E-state index contributed by atoms with van der Waals surface area (Å²) in [6, 6.07) is 10.4. The quantitative estimate of drug-likeness (QED) is 0.841. The van der Waals surface area contributed by atoms with E-state index >= 15 is 0 Å². The average molecular weight is 373 g/mol. The minimum absolute atomic E-state index is 0.0198. The molecule has 142 valence electrons. The first kappa shape index (κ1) is 18.7. The van der Waals surface area contributed by atoms with Gasteiger partial charge in [0.15, 0.2) is 11.5 Å². The van der Waals surface area contributed by atoms with Gasteiger partial charge in [0.2, 0.25) is 5.91 Å². The number of fused-ring (bicyclic) bond motifs is 1. The van der Waals surface area contributed by atoms with Crippen molar-refractivity contribution in [3.05, 3.63) is 53.8 Å². The minimum Gasteiger partial charge on any atom is -0.486 e. The SMILES string of the molecule is CN(CC(=O)NC(=O)Nc1ccc2c(c1)OCCO2)Cc1ccc(F)cc1. The molecule has 0 saturated heterocycles. The van der Waals surface area contributed by atoms with Crippen LogP contribution in [0.3, 0.4) is 0 Å². The Kier molecular flexibility index (Phi) is 5.87. The molecule has 3 amide bonds. The molecule has 0 spiro atoms. The van der Waals surface area contributed by atoms with Gasteiger partial charge in [0.1, 0.15) is 19.0 Å². The van der Waals surface area contributed by atoms with E-state index in [9.17, 15) is 14.0 Å². The number of ether oxygens (including phenoxy) is 2. The zero-order chi connectivity index (χ0) is 19.2. The number of anilines is 1. The maximum atomic E-state index is 12.9. The molecular weight excluding hydrogens is 353 g/mol. The van der Waals surface area contributed by atoms with Crippen LogP contribution >= 0.6 is 0 Å². The van der Waals surface area contributed by atoms with E-state index < -0.39 is 11.9 Å². The lowest BCUT2D eigenvalue weighted by Gasteiger charge is -2.19. The Hall–Kier alpha value is -3.13. The van der Waals surface area contributed by atoms with E-state index in [1.165, 1.54) is 12.1 Å². The van der Waals surface area contributed by atoms with Crippen LogP contribution in [0.5, 0.6) is 11.5 Å². The van der Waals surface area contributed by atoms with E-state index in [2.05, 4.69) is 10.6 Å². The van der Waals surface area contributed by atoms with Crippen molar-refractivity contribution < 1.29 is 23.5 Å². The topological polar surface area (TPSA) is 79.9 Å². The number of carbonyl (C=O) groups excluding carboxylic acids is 2. The number of imide groups is 1. The summed E-state index contributed by atoms with van der Waals surface area (Å²) in [5.41, 5.74) is 1.36. The third-order valence-electron chi connectivity index (χ3n) is 3.83. The Bertz CT molecular complexity index is 826. The summed E-state index contributed by atoms with van der Waals surface area (Å²) in [5.74, 6) is 0.403. The van der Waals surface area contributed by atoms with Gasteiger partial charge in [-0.1, -0.05) is 12.1 Å². The fraction of sp³-hybridized carbons (Fsp3) is 0.263. The van der Waals surface area contributed by atoms with Gasteiger partial charge in [0.05, 0.1) is 6.54 Å². The number of likely N-dealkylation sites (N-methyl/N-ethyl adjacent to an activating group) is 1. The van der Waals surface area contributed by atoms with Gasteiger partial charge in [-0.05, 0) is 36.9 Å². The van der Waals surface area contributed by atoms with E-state index in [0.717, 1.165) is 5.56 Å². The molecule has 1 aliphatic heterocycles. The Morgan fingerprint density at radius 1 is 1.07 bits per heavy atom. The van der Waals surface area contributed by atoms with Crippen molar-refractivity contribution in [1.82, 2.24) is 10.2 Å². The van der Waals surface area contributed by atoms with Crippen LogP contribution in [0.25, 0.3) is 0 Å². The largest absolute Gasteiger partial charge is 0.486 e. The Morgan fingerprint density at radius 2 is 1.78 bits per heavy atom. The van der Waals surface area contributed by atoms with Gasteiger partial charge in [-0.3, -0.25) is 15.0 Å². The van der Waals surface area contributed by atoms with Crippen LogP contribution in [0.2, 0.25) is 0 Å². The number of nitrogens with one attached hydrogen (secondary N) is 2. The summed E-state index contributed by atoms with van der Waals surface area (Å²) in [4.78, 5) is 25.7. The van der Waals surface area contributed by atoms with Gasteiger partial charge in [-0.2, -0.15) is 0 Å². The second-order valence-corrected chi connectivity index (χ2v) is 6.16. The molecule has 0 saturated carbocycles. The number of benzene rings is 2. The molecule has 0 radical (unpaired) electrons. The van der Waals surface area contributed by atoms with Gasteiger partial charge < -0.3 is 14.8 Å². The summed E-state index contributed by atoms with van der Waals surface area (Å²) < 4.78 is 23.8. The predicted octanol–water partition coefficient (Wildman–Crippen LogP) is 2.38. The van der Waals surface area contributed by atoms with E-state index in [0.29, 0.717) is 36.9 Å². The van der Waals surface area contributed by atoms with Crippen LogP contribution in [0.15, 0.2) is 42.5 Å². The van der Waals surface area contributed by atoms with Gasteiger partial charge in [0.25, 0.3) is 0 Å². The zero-order valence-electron chi connectivity index (χ0n) is 14.8. The second kappa shape index (κ2) is 8.50. The number of rotatable bonds is 5. The molecule has 8 heteroatoms. The molecule has 2 N–H and O–H groups in total. The molecular formula is C19H20FN3O4. The highest BCUT2D eigenvalue weighted by Crippen LogP contribution is 2.32. The fourth-order valence-electron chi connectivity index (χ4n) is 2.65. The van der Waals surface area contributed by atoms with Crippen molar-refractivity contribution in [1.29, 1.82) is 0 Å². The first-order valence-electron chi connectivity index (χ1n) is 8.43. The van der Waals surface area contributed by atoms with Crippen LogP contribution in [0.1, 0.15) is 5.56 Å². The Morgan fingerprint density at radius 3 is 2.52 bits per heavy atom. The first-order valence-corrected chi connectivity index (χ1v) is 8.43. The second-order valence-electron chi connectivity index (χ2n) is 6.16. The van der Waals surface area contributed by atoms with Gasteiger partial charge in [0, 0.05) is 18.3 Å². The molecule has 0 unspecified atom stereocenters. The van der Waals surface area contributed by atoms with Crippen LogP contribution in [0.4, 0.5) is 14.9 Å². The van der Waals surface area contributed by atoms with Crippen LogP contribution < -0.4 is 20.1 Å². The Labute approximate surface area is 156 Å². The minimum atomic E-state index is -0.633. The number of hydrogen-bond acceptors (Lipinski definition) is 5. The van der Waals surface area contributed by atoms with Crippen LogP contribution in [-0.2, 0) is 11.3 Å². The van der Waals surface area contributed by atoms with Crippen molar-refractivity contribution in [3.8, 4) is 11.5 Å². The van der Waals surface area contributed by atoms with Crippen molar-refractivity contribution in [2.24, 2.45) is 0 Å². The maximum Gasteiger partial charge on any atom is 0.325 e. The molecule has 2 aromatic carbocycles. The summed E-state index contributed by atoms with van der Waals surface area (Å²) in [7, 11) is 1.74. The summed E-state index contributed by atoms with van der Waals surface area (Å²) in [6.07, 6.45) is 0. The van der Waals surface area contributed by atoms with Gasteiger partial charge in [-0.15, -0.1) is 0 Å². The molecule has 7 nitrogen and oxygen atoms in total. The number of halogens is 1. The van der Waals surface area contributed by atoms with E-state index in [4.69, 9.17) is 9.47 Å². The van der Waals surface area contributed by atoms with E-state index in [1.54, 1.807) is 42.3 Å². The molecule has 0 aromatic heterocycles. The van der Waals surface area contributed by atoms with E-state index in [1.807, 2.05) is 0 Å². The van der Waals surface area contributed by atoms with Crippen molar-refractivity contribution in [3.63, 3.8) is 0 Å². The molecule has 0 aliphatic carbocycles. The summed E-state index contributed by atoms with van der Waals surface area (Å²) in [6.45, 7) is 1.41. The molecule has 27 heavy (non-hydrogen) atoms. The Balaban J connectivity index is 1.47. The number of urea groups is 1. The molecule has 1 aliphatic rings. The molecule has 0 atom stereocenters. The number of carbonyl (C=O) groups is 2. The highest BCUT2D eigenvalue weighted by molar-refractivity contribution is 6.01. The standard InChI is InChI=1S/C19H20FN3O4/c1-23(11-13-2-4-14(20)5-3-13)12-18(24)22-19(25)21-15-6-7-16-17(10-15)27-9-8-26-16/h2-7,10H,8-9,11-12H2,1H3,(H2,21,22,24,25). The normalized spacial score (nSPS) is 12.6. The monoisotopic (exact) mass is 373 g/mol. The van der Waals surface area contributed by atoms with Gasteiger partial charge in [-0.25, -0.2) is 9.18 Å². The fourth-order valence-corrected chi connectivity index (χ4v) is 2.65. The number of amides is 3. The molecule has 1 heterocycles. The molecule has 0 fully saturated rings. The van der Waals surface area contributed by atoms with Crippen molar-refractivity contribution >= 4 is 17.6 Å². The zero-order valence-corrected chi connectivity index (χ0v) is 14.8. The smallest absolute Gasteiger partial charge is 0.325 e. The van der Waals surface area contributed by atoms with E-state index in [-0.39, 0.29) is 12.4 Å². The highest BCUT2D eigenvalue weighted by Gasteiger charge is 2.14. The lowest BCUT2D eigenvalue weighted by Crippen LogP contribution is -2.40. The molecule has 3 rings (SSSR count).